The lowest BCUT2D eigenvalue weighted by molar-refractivity contribution is -0.160. The molecule has 3 heterocycles. The molecule has 2 bridgehead atoms. The van der Waals surface area contributed by atoms with Gasteiger partial charge in [-0.25, -0.2) is 14.5 Å². The van der Waals surface area contributed by atoms with Gasteiger partial charge in [0.1, 0.15) is 6.04 Å². The Labute approximate surface area is 167 Å². The number of hydrogen-bond donors (Lipinski definition) is 0. The number of fused-ring (bicyclic) bond motifs is 5. The summed E-state index contributed by atoms with van der Waals surface area (Å²) in [5, 5.41) is 8.92. The first-order chi connectivity index (χ1) is 14.1. The summed E-state index contributed by atoms with van der Waals surface area (Å²) in [5.74, 6) is -2.85. The Bertz CT molecular complexity index is 1030. The molecule has 3 aliphatic rings. The number of rotatable bonds is 1. The summed E-state index contributed by atoms with van der Waals surface area (Å²) in [4.78, 5) is 52.6. The van der Waals surface area contributed by atoms with Gasteiger partial charge in [-0.3, -0.25) is 9.59 Å². The van der Waals surface area contributed by atoms with Crippen molar-refractivity contribution >= 4 is 29.5 Å². The molecule has 9 nitrogen and oxygen atoms in total. The van der Waals surface area contributed by atoms with E-state index in [2.05, 4.69) is 4.74 Å². The Kier molecular flexibility index (Phi) is 4.23. The lowest BCUT2D eigenvalue weighted by Crippen LogP contribution is -2.56. The van der Waals surface area contributed by atoms with Gasteiger partial charge in [0.25, 0.3) is 5.91 Å². The van der Waals surface area contributed by atoms with Gasteiger partial charge in [-0.05, 0) is 24.6 Å². The number of esters is 1. The third-order valence-corrected chi connectivity index (χ3v) is 5.57. The molecule has 0 aromatic heterocycles. The van der Waals surface area contributed by atoms with Crippen molar-refractivity contribution in [3.63, 3.8) is 0 Å². The Balaban J connectivity index is 1.68. The summed E-state index contributed by atoms with van der Waals surface area (Å²) in [7, 11) is 1.04. The topological polar surface area (TPSA) is 111 Å². The number of carbonyl (C=O) groups is 4. The molecular formula is C18H13F3N4O5. The second-order valence-electron chi connectivity index (χ2n) is 7.05. The van der Waals surface area contributed by atoms with E-state index in [0.717, 1.165) is 24.1 Å². The van der Waals surface area contributed by atoms with Gasteiger partial charge >= 0.3 is 24.1 Å². The average Bonchev–Trinajstić information content (AvgIpc) is 3.37. The normalized spacial score (nSPS) is 24.9. The van der Waals surface area contributed by atoms with Crippen LogP contribution in [0.3, 0.4) is 0 Å². The standard InChI is InChI=1S/C18H13F3N4O5/c1-30-16(28)15(27)23-7-10-5-12(23)13-14(26)25(17(29)24(10)13)9-3-2-8(6-22)11(4-9)18(19,20)21/h2-4,10,12-13H,5,7H2,1H3. The monoisotopic (exact) mass is 422 g/mol. The predicted molar refractivity (Wildman–Crippen MR) is 90.6 cm³/mol. The Morgan fingerprint density at radius 3 is 2.57 bits per heavy atom. The van der Waals surface area contributed by atoms with Crippen molar-refractivity contribution < 1.29 is 37.1 Å². The van der Waals surface area contributed by atoms with Gasteiger partial charge in [0.2, 0.25) is 0 Å². The third-order valence-electron chi connectivity index (χ3n) is 5.57. The zero-order chi connectivity index (χ0) is 22.0. The zero-order valence-electron chi connectivity index (χ0n) is 15.3. The molecule has 3 saturated heterocycles. The molecule has 3 unspecified atom stereocenters. The van der Waals surface area contributed by atoms with Gasteiger partial charge in [0.05, 0.1) is 42.1 Å². The van der Waals surface area contributed by atoms with Crippen LogP contribution in [0, 0.1) is 11.3 Å². The number of amides is 4. The number of nitriles is 1. The van der Waals surface area contributed by atoms with E-state index in [4.69, 9.17) is 5.26 Å². The quantitative estimate of drug-likeness (QED) is 0.377. The second kappa shape index (κ2) is 6.45. The van der Waals surface area contributed by atoms with Crippen LogP contribution in [0.5, 0.6) is 0 Å². The van der Waals surface area contributed by atoms with Crippen LogP contribution < -0.4 is 4.90 Å². The zero-order valence-corrected chi connectivity index (χ0v) is 15.3. The highest BCUT2D eigenvalue weighted by Crippen LogP contribution is 2.43. The number of nitrogens with zero attached hydrogens (tertiary/aromatic N) is 4. The number of likely N-dealkylation sites (tertiary alicyclic amines) is 1. The van der Waals surface area contributed by atoms with Crippen molar-refractivity contribution in [2.45, 2.75) is 30.7 Å². The smallest absolute Gasteiger partial charge is 0.417 e. The fourth-order valence-electron chi connectivity index (χ4n) is 4.34. The number of alkyl halides is 3. The summed E-state index contributed by atoms with van der Waals surface area (Å²) < 4.78 is 44.2. The number of imide groups is 1. The lowest BCUT2D eigenvalue weighted by Gasteiger charge is -2.34. The fraction of sp³-hybridized carbons (Fsp3) is 0.389. The van der Waals surface area contributed by atoms with E-state index in [1.54, 1.807) is 0 Å². The van der Waals surface area contributed by atoms with Crippen LogP contribution in [0.1, 0.15) is 17.5 Å². The van der Waals surface area contributed by atoms with E-state index in [9.17, 15) is 32.3 Å². The number of halogens is 3. The maximum Gasteiger partial charge on any atom is 0.417 e. The van der Waals surface area contributed by atoms with Crippen molar-refractivity contribution in [1.82, 2.24) is 9.80 Å². The van der Waals surface area contributed by atoms with Crippen LogP contribution >= 0.6 is 0 Å². The lowest BCUT2D eigenvalue weighted by atomic mass is 10.1. The molecule has 0 saturated carbocycles. The van der Waals surface area contributed by atoms with E-state index >= 15 is 0 Å². The predicted octanol–water partition coefficient (Wildman–Crippen LogP) is 0.870. The summed E-state index contributed by atoms with van der Waals surface area (Å²) >= 11 is 0. The van der Waals surface area contributed by atoms with Gasteiger partial charge in [-0.2, -0.15) is 18.4 Å². The number of methoxy groups -OCH3 is 1. The van der Waals surface area contributed by atoms with Crippen LogP contribution in [0.25, 0.3) is 0 Å². The largest absolute Gasteiger partial charge is 0.462 e. The highest BCUT2D eigenvalue weighted by Gasteiger charge is 2.63. The fourth-order valence-corrected chi connectivity index (χ4v) is 4.34. The van der Waals surface area contributed by atoms with Crippen molar-refractivity contribution in [2.24, 2.45) is 0 Å². The minimum absolute atomic E-state index is 0.0170. The number of urea groups is 1. The number of hydrogen-bond acceptors (Lipinski definition) is 6. The minimum atomic E-state index is -4.86. The average molecular weight is 422 g/mol. The van der Waals surface area contributed by atoms with Crippen LogP contribution in [-0.4, -0.2) is 65.4 Å². The van der Waals surface area contributed by atoms with Crippen LogP contribution in [0.15, 0.2) is 18.2 Å². The molecule has 30 heavy (non-hydrogen) atoms. The summed E-state index contributed by atoms with van der Waals surface area (Å²) in [5.41, 5.74) is -2.22. The number of piperazine rings is 1. The SMILES string of the molecule is COC(=O)C(=O)N1CC2CC1C1C(=O)N(c3ccc(C#N)c(C(F)(F)F)c3)C(=O)N21. The first-order valence-corrected chi connectivity index (χ1v) is 8.76. The van der Waals surface area contributed by atoms with E-state index < -0.39 is 59.2 Å². The van der Waals surface area contributed by atoms with Gasteiger partial charge in [-0.1, -0.05) is 0 Å². The Morgan fingerprint density at radius 1 is 1.27 bits per heavy atom. The minimum Gasteiger partial charge on any atom is -0.462 e. The van der Waals surface area contributed by atoms with E-state index in [-0.39, 0.29) is 18.7 Å². The molecule has 0 spiro atoms. The molecule has 0 radical (unpaired) electrons. The van der Waals surface area contributed by atoms with Crippen LogP contribution in [0.2, 0.25) is 0 Å². The molecule has 1 aromatic carbocycles. The molecule has 0 N–H and O–H groups in total. The highest BCUT2D eigenvalue weighted by molar-refractivity contribution is 6.33. The molecule has 1 aromatic rings. The molecule has 4 amide bonds. The van der Waals surface area contributed by atoms with Crippen LogP contribution in [-0.2, 0) is 25.3 Å². The number of carbonyl (C=O) groups excluding carboxylic acids is 4. The van der Waals surface area contributed by atoms with Gasteiger partial charge in [0.15, 0.2) is 0 Å². The number of benzene rings is 1. The van der Waals surface area contributed by atoms with Gasteiger partial charge < -0.3 is 14.5 Å². The third kappa shape index (κ3) is 2.62. The first-order valence-electron chi connectivity index (χ1n) is 8.76. The number of anilines is 1. The van der Waals surface area contributed by atoms with Gasteiger partial charge in [-0.15, -0.1) is 0 Å². The summed E-state index contributed by atoms with van der Waals surface area (Å²) in [6, 6.07) is 0.767. The van der Waals surface area contributed by atoms with Crippen molar-refractivity contribution in [3.05, 3.63) is 29.3 Å². The first kappa shape index (κ1) is 19.7. The van der Waals surface area contributed by atoms with Crippen molar-refractivity contribution in [3.8, 4) is 6.07 Å². The van der Waals surface area contributed by atoms with E-state index in [1.807, 2.05) is 0 Å². The molecule has 3 fully saturated rings. The molecule has 156 valence electrons. The molecule has 12 heteroatoms. The molecule has 3 aliphatic heterocycles. The highest BCUT2D eigenvalue weighted by atomic mass is 19.4. The van der Waals surface area contributed by atoms with Crippen LogP contribution in [0.4, 0.5) is 23.7 Å². The maximum atomic E-state index is 13.3. The Morgan fingerprint density at radius 2 is 1.97 bits per heavy atom. The summed E-state index contributed by atoms with van der Waals surface area (Å²) in [6.45, 7) is 0.0170. The Hall–Kier alpha value is -3.62. The molecule has 3 atom stereocenters. The van der Waals surface area contributed by atoms with Gasteiger partial charge in [0, 0.05) is 6.54 Å². The molecule has 4 rings (SSSR count). The van der Waals surface area contributed by atoms with Crippen molar-refractivity contribution in [1.29, 1.82) is 5.26 Å². The molecular weight excluding hydrogens is 409 g/mol. The number of ether oxygens (including phenoxy) is 1. The summed E-state index contributed by atoms with van der Waals surface area (Å²) in [6.07, 6.45) is -4.58. The second-order valence-corrected chi connectivity index (χ2v) is 7.05. The van der Waals surface area contributed by atoms with E-state index in [1.165, 1.54) is 11.0 Å². The molecule has 0 aliphatic carbocycles. The maximum absolute atomic E-state index is 13.3. The van der Waals surface area contributed by atoms with E-state index in [0.29, 0.717) is 11.0 Å². The van der Waals surface area contributed by atoms with Crippen molar-refractivity contribution in [2.75, 3.05) is 18.6 Å².